The summed E-state index contributed by atoms with van der Waals surface area (Å²) in [6.07, 6.45) is 0. The highest BCUT2D eigenvalue weighted by Crippen LogP contribution is 2.28. The molecule has 0 amide bonds. The van der Waals surface area contributed by atoms with E-state index in [2.05, 4.69) is 0 Å². The van der Waals surface area contributed by atoms with Crippen LogP contribution >= 0.6 is 23.2 Å². The van der Waals surface area contributed by atoms with E-state index in [-0.39, 0.29) is 0 Å². The molecule has 1 aromatic carbocycles. The molecule has 0 aliphatic carbocycles. The second-order valence-electron chi connectivity index (χ2n) is 4.39. The van der Waals surface area contributed by atoms with Gasteiger partial charge < -0.3 is 9.47 Å². The van der Waals surface area contributed by atoms with Crippen LogP contribution in [0.3, 0.4) is 0 Å². The third-order valence-electron chi connectivity index (χ3n) is 2.68. The van der Waals surface area contributed by atoms with Crippen LogP contribution in [-0.4, -0.2) is 24.8 Å². The zero-order valence-corrected chi connectivity index (χ0v) is 11.1. The molecular weight excluding hydrogens is 263 g/mol. The minimum atomic E-state index is -0.529. The van der Waals surface area contributed by atoms with Crippen molar-refractivity contribution < 1.29 is 14.3 Å². The molecule has 5 heteroatoms. The third kappa shape index (κ3) is 2.57. The Morgan fingerprint density at radius 2 is 2.06 bits per heavy atom. The summed E-state index contributed by atoms with van der Waals surface area (Å²) in [6, 6.07) is 3.16. The zero-order chi connectivity index (χ0) is 12.6. The third-order valence-corrected chi connectivity index (χ3v) is 3.29. The van der Waals surface area contributed by atoms with Crippen molar-refractivity contribution in [3.05, 3.63) is 33.3 Å². The van der Waals surface area contributed by atoms with Gasteiger partial charge in [-0.2, -0.15) is 0 Å². The van der Waals surface area contributed by atoms with Crippen molar-refractivity contribution in [2.24, 2.45) is 0 Å². The van der Waals surface area contributed by atoms with E-state index < -0.39 is 11.6 Å². The van der Waals surface area contributed by atoms with Crippen LogP contribution in [0.5, 0.6) is 0 Å². The molecule has 0 bridgehead atoms. The Kier molecular flexibility index (Phi) is 3.34. The van der Waals surface area contributed by atoms with Gasteiger partial charge in [0.05, 0.1) is 18.8 Å². The van der Waals surface area contributed by atoms with Crippen molar-refractivity contribution in [3.63, 3.8) is 0 Å². The van der Waals surface area contributed by atoms with Gasteiger partial charge in [0.2, 0.25) is 0 Å². The van der Waals surface area contributed by atoms with Crippen molar-refractivity contribution >= 4 is 29.2 Å². The zero-order valence-electron chi connectivity index (χ0n) is 9.55. The molecule has 0 N–H and O–H groups in total. The maximum atomic E-state index is 12.0. The van der Waals surface area contributed by atoms with Gasteiger partial charge in [-0.15, -0.1) is 0 Å². The first-order valence-electron chi connectivity index (χ1n) is 5.18. The lowest BCUT2D eigenvalue weighted by molar-refractivity contribution is -0.169. The molecule has 1 aromatic rings. The average Bonchev–Trinajstić information content (AvgIpc) is 2.21. The number of ether oxygens (including phenoxy) is 2. The molecule has 1 saturated heterocycles. The van der Waals surface area contributed by atoms with Crippen molar-refractivity contribution in [2.75, 3.05) is 13.2 Å². The molecule has 0 unspecified atom stereocenters. The van der Waals surface area contributed by atoms with E-state index in [0.717, 1.165) is 0 Å². The van der Waals surface area contributed by atoms with Gasteiger partial charge in [0.25, 0.3) is 0 Å². The molecule has 17 heavy (non-hydrogen) atoms. The molecule has 1 aliphatic heterocycles. The van der Waals surface area contributed by atoms with E-state index in [1.807, 2.05) is 6.92 Å². The molecule has 92 valence electrons. The van der Waals surface area contributed by atoms with Crippen LogP contribution in [-0.2, 0) is 9.47 Å². The monoisotopic (exact) mass is 274 g/mol. The van der Waals surface area contributed by atoms with Gasteiger partial charge in [0, 0.05) is 10.0 Å². The maximum absolute atomic E-state index is 12.0. The fourth-order valence-electron chi connectivity index (χ4n) is 1.59. The Hall–Kier alpha value is -0.770. The van der Waals surface area contributed by atoms with E-state index in [9.17, 15) is 4.79 Å². The molecule has 0 atom stereocenters. The SMILES string of the molecule is Cc1c(Cl)cc(Cl)cc1C(=O)OC1(C)COC1. The number of benzene rings is 1. The Morgan fingerprint density at radius 1 is 1.41 bits per heavy atom. The van der Waals surface area contributed by atoms with E-state index in [0.29, 0.717) is 34.4 Å². The van der Waals surface area contributed by atoms with Gasteiger partial charge in [-0.05, 0) is 31.5 Å². The summed E-state index contributed by atoms with van der Waals surface area (Å²) in [4.78, 5) is 12.0. The smallest absolute Gasteiger partial charge is 0.339 e. The van der Waals surface area contributed by atoms with Crippen molar-refractivity contribution in [1.82, 2.24) is 0 Å². The number of carbonyl (C=O) groups is 1. The standard InChI is InChI=1S/C12H12Cl2O3/c1-7-9(3-8(13)4-10(7)14)11(15)17-12(2)5-16-6-12/h3-4H,5-6H2,1-2H3. The number of halogens is 2. The van der Waals surface area contributed by atoms with Crippen molar-refractivity contribution in [1.29, 1.82) is 0 Å². The van der Waals surface area contributed by atoms with Crippen molar-refractivity contribution in [2.45, 2.75) is 19.4 Å². The van der Waals surface area contributed by atoms with Crippen LogP contribution in [0.25, 0.3) is 0 Å². The van der Waals surface area contributed by atoms with E-state index in [4.69, 9.17) is 32.7 Å². The minimum absolute atomic E-state index is 0.399. The van der Waals surface area contributed by atoms with Crippen LogP contribution in [0.1, 0.15) is 22.8 Å². The highest BCUT2D eigenvalue weighted by molar-refractivity contribution is 6.35. The number of rotatable bonds is 2. The predicted octanol–water partition coefficient (Wildman–Crippen LogP) is 3.25. The second kappa shape index (κ2) is 4.48. The molecular formula is C12H12Cl2O3. The summed E-state index contributed by atoms with van der Waals surface area (Å²) < 4.78 is 10.4. The minimum Gasteiger partial charge on any atom is -0.451 e. The molecule has 0 radical (unpaired) electrons. The maximum Gasteiger partial charge on any atom is 0.339 e. The van der Waals surface area contributed by atoms with Crippen LogP contribution in [0.2, 0.25) is 10.0 Å². The largest absolute Gasteiger partial charge is 0.451 e. The van der Waals surface area contributed by atoms with Gasteiger partial charge >= 0.3 is 5.97 Å². The normalized spacial score (nSPS) is 17.4. The van der Waals surface area contributed by atoms with Gasteiger partial charge in [0.1, 0.15) is 0 Å². The first-order valence-corrected chi connectivity index (χ1v) is 5.94. The summed E-state index contributed by atoms with van der Waals surface area (Å²) in [6.45, 7) is 4.43. The van der Waals surface area contributed by atoms with Gasteiger partial charge in [-0.3, -0.25) is 0 Å². The van der Waals surface area contributed by atoms with Crippen LogP contribution in [0.4, 0.5) is 0 Å². The summed E-state index contributed by atoms with van der Waals surface area (Å²) in [5.41, 5.74) is 0.540. The lowest BCUT2D eigenvalue weighted by atomic mass is 10.0. The fraction of sp³-hybridized carbons (Fsp3) is 0.417. The number of hydrogen-bond acceptors (Lipinski definition) is 3. The first kappa shape index (κ1) is 12.7. The van der Waals surface area contributed by atoms with E-state index in [1.165, 1.54) is 0 Å². The topological polar surface area (TPSA) is 35.5 Å². The molecule has 2 rings (SSSR count). The highest BCUT2D eigenvalue weighted by Gasteiger charge is 2.38. The van der Waals surface area contributed by atoms with Gasteiger partial charge in [0.15, 0.2) is 5.60 Å². The molecule has 3 nitrogen and oxygen atoms in total. The highest BCUT2D eigenvalue weighted by atomic mass is 35.5. The molecule has 1 fully saturated rings. The molecule has 1 aliphatic rings. The van der Waals surface area contributed by atoms with Gasteiger partial charge in [-0.1, -0.05) is 23.2 Å². The second-order valence-corrected chi connectivity index (χ2v) is 5.24. The van der Waals surface area contributed by atoms with Crippen LogP contribution < -0.4 is 0 Å². The quantitative estimate of drug-likeness (QED) is 0.777. The summed E-state index contributed by atoms with van der Waals surface area (Å²) in [5.74, 6) is -0.419. The van der Waals surface area contributed by atoms with Crippen LogP contribution in [0.15, 0.2) is 12.1 Å². The number of carbonyl (C=O) groups excluding carboxylic acids is 1. The Labute approximate surface area is 110 Å². The Morgan fingerprint density at radius 3 is 2.59 bits per heavy atom. The van der Waals surface area contributed by atoms with Crippen molar-refractivity contribution in [3.8, 4) is 0 Å². The summed E-state index contributed by atoms with van der Waals surface area (Å²) >= 11 is 11.8. The average molecular weight is 275 g/mol. The lowest BCUT2D eigenvalue weighted by Crippen LogP contribution is -2.50. The molecule has 0 spiro atoms. The first-order chi connectivity index (χ1) is 7.91. The number of esters is 1. The fourth-order valence-corrected chi connectivity index (χ4v) is 2.08. The lowest BCUT2D eigenvalue weighted by Gasteiger charge is -2.37. The number of hydrogen-bond donors (Lipinski definition) is 0. The molecule has 0 aromatic heterocycles. The van der Waals surface area contributed by atoms with Gasteiger partial charge in [-0.25, -0.2) is 4.79 Å². The summed E-state index contributed by atoms with van der Waals surface area (Å²) in [7, 11) is 0. The van der Waals surface area contributed by atoms with E-state index in [1.54, 1.807) is 19.1 Å². The predicted molar refractivity (Wildman–Crippen MR) is 65.8 cm³/mol. The molecule has 1 heterocycles. The Bertz CT molecular complexity index is 467. The molecule has 0 saturated carbocycles. The van der Waals surface area contributed by atoms with E-state index >= 15 is 0 Å². The summed E-state index contributed by atoms with van der Waals surface area (Å²) in [5, 5.41) is 0.877. The van der Waals surface area contributed by atoms with Crippen LogP contribution in [0, 0.1) is 6.92 Å². The Balaban J connectivity index is 2.24.